The molecule has 1 N–H and O–H groups in total. The predicted octanol–water partition coefficient (Wildman–Crippen LogP) is 3.22. The summed E-state index contributed by atoms with van der Waals surface area (Å²) in [5.41, 5.74) is 2.97. The molecule has 1 amide bonds. The summed E-state index contributed by atoms with van der Waals surface area (Å²) in [4.78, 5) is 20.2. The third-order valence-corrected chi connectivity index (χ3v) is 5.68. The van der Waals surface area contributed by atoms with E-state index in [0.717, 1.165) is 23.2 Å². The second kappa shape index (κ2) is 7.03. The zero-order chi connectivity index (χ0) is 19.0. The van der Waals surface area contributed by atoms with Gasteiger partial charge in [0.15, 0.2) is 5.16 Å². The van der Waals surface area contributed by atoms with Crippen molar-refractivity contribution in [3.05, 3.63) is 48.4 Å². The molecule has 8 heteroatoms. The molecule has 4 rings (SSSR count). The fourth-order valence-electron chi connectivity index (χ4n) is 3.19. The molecule has 138 valence electrons. The number of pyridine rings is 1. The van der Waals surface area contributed by atoms with Crippen LogP contribution in [0.5, 0.6) is 0 Å². The van der Waals surface area contributed by atoms with E-state index in [-0.39, 0.29) is 11.7 Å². The topological polar surface area (TPSA) is 76.9 Å². The molecule has 0 saturated carbocycles. The molecule has 0 fully saturated rings. The summed E-state index contributed by atoms with van der Waals surface area (Å²) in [6.45, 7) is 2.12. The van der Waals surface area contributed by atoms with Crippen molar-refractivity contribution >= 4 is 22.5 Å². The Morgan fingerprint density at radius 2 is 2.00 bits per heavy atom. The van der Waals surface area contributed by atoms with Crippen LogP contribution in [-0.2, 0) is 22.1 Å². The highest BCUT2D eigenvalue weighted by atomic mass is 32.2. The third-order valence-electron chi connectivity index (χ3n) is 4.30. The highest BCUT2D eigenvalue weighted by molar-refractivity contribution is 7.84. The van der Waals surface area contributed by atoms with Crippen LogP contribution in [0.4, 0.5) is 10.2 Å². The normalized spacial score (nSPS) is 16.0. The Bertz CT molecular complexity index is 1050. The molecule has 1 unspecified atom stereocenters. The molecular formula is C19H17FN4O2S. The zero-order valence-corrected chi connectivity index (χ0v) is 15.4. The Morgan fingerprint density at radius 3 is 2.74 bits per heavy atom. The average molecular weight is 384 g/mol. The minimum absolute atomic E-state index is 0.213. The number of rotatable bonds is 3. The lowest BCUT2D eigenvalue weighted by molar-refractivity contribution is -0.114. The van der Waals surface area contributed by atoms with E-state index in [1.807, 2.05) is 10.6 Å². The van der Waals surface area contributed by atoms with E-state index >= 15 is 0 Å². The number of hydrogen-bond donors (Lipinski definition) is 1. The number of nitrogens with zero attached hydrogens (tertiary/aromatic N) is 3. The van der Waals surface area contributed by atoms with Gasteiger partial charge in [-0.3, -0.25) is 9.00 Å². The van der Waals surface area contributed by atoms with E-state index in [2.05, 4.69) is 15.3 Å². The minimum Gasteiger partial charge on any atom is -0.316 e. The molecule has 3 heterocycles. The van der Waals surface area contributed by atoms with Gasteiger partial charge in [0, 0.05) is 36.5 Å². The first kappa shape index (κ1) is 17.5. The first-order valence-corrected chi connectivity index (χ1v) is 9.83. The van der Waals surface area contributed by atoms with Crippen LogP contribution in [0, 0.1) is 5.82 Å². The maximum absolute atomic E-state index is 13.4. The molecule has 1 aromatic carbocycles. The van der Waals surface area contributed by atoms with Crippen molar-refractivity contribution in [3.8, 4) is 22.5 Å². The third kappa shape index (κ3) is 3.40. The van der Waals surface area contributed by atoms with Crippen LogP contribution in [0.2, 0.25) is 0 Å². The molecule has 0 bridgehead atoms. The quantitative estimate of drug-likeness (QED) is 0.752. The first-order valence-electron chi connectivity index (χ1n) is 8.52. The number of halogens is 1. The monoisotopic (exact) mass is 384 g/mol. The van der Waals surface area contributed by atoms with Crippen LogP contribution in [0.15, 0.2) is 47.8 Å². The molecule has 1 aliphatic rings. The van der Waals surface area contributed by atoms with Crippen molar-refractivity contribution in [2.75, 3.05) is 11.1 Å². The molecule has 2 aromatic heterocycles. The summed E-state index contributed by atoms with van der Waals surface area (Å²) in [7, 11) is -1.18. The fraction of sp³-hybridized carbons (Fsp3) is 0.211. The van der Waals surface area contributed by atoms with Gasteiger partial charge < -0.3 is 9.88 Å². The molecule has 0 radical (unpaired) electrons. The van der Waals surface area contributed by atoms with Crippen LogP contribution in [-0.4, -0.2) is 30.4 Å². The highest BCUT2D eigenvalue weighted by Gasteiger charge is 2.26. The van der Waals surface area contributed by atoms with Gasteiger partial charge in [-0.25, -0.2) is 14.4 Å². The van der Waals surface area contributed by atoms with Crippen LogP contribution in [0.25, 0.3) is 22.5 Å². The predicted molar refractivity (Wildman–Crippen MR) is 101 cm³/mol. The maximum Gasteiger partial charge on any atom is 0.222 e. The summed E-state index contributed by atoms with van der Waals surface area (Å²) in [5.74, 6) is 0.462. The molecule has 1 aliphatic heterocycles. The van der Waals surface area contributed by atoms with Crippen molar-refractivity contribution in [1.82, 2.24) is 14.5 Å². The molecule has 1 atom stereocenters. The van der Waals surface area contributed by atoms with Gasteiger partial charge in [0.25, 0.3) is 0 Å². The van der Waals surface area contributed by atoms with Crippen molar-refractivity contribution in [2.24, 2.45) is 0 Å². The molecule has 3 aromatic rings. The number of benzene rings is 1. The van der Waals surface area contributed by atoms with E-state index < -0.39 is 10.8 Å². The Hall–Kier alpha value is -2.87. The molecular weight excluding hydrogens is 367 g/mol. The summed E-state index contributed by atoms with van der Waals surface area (Å²) in [6.07, 6.45) is 2.39. The van der Waals surface area contributed by atoms with Crippen molar-refractivity contribution in [3.63, 3.8) is 0 Å². The van der Waals surface area contributed by atoms with Gasteiger partial charge in [0.2, 0.25) is 5.91 Å². The second-order valence-electron chi connectivity index (χ2n) is 6.26. The van der Waals surface area contributed by atoms with Gasteiger partial charge in [-0.15, -0.1) is 0 Å². The van der Waals surface area contributed by atoms with Gasteiger partial charge in [-0.05, 0) is 42.8 Å². The van der Waals surface area contributed by atoms with Crippen LogP contribution in [0.3, 0.4) is 0 Å². The number of carbonyl (C=O) groups excluding carboxylic acids is 1. The van der Waals surface area contributed by atoms with E-state index in [1.165, 1.54) is 19.1 Å². The number of aromatic nitrogens is 3. The van der Waals surface area contributed by atoms with Gasteiger partial charge >= 0.3 is 0 Å². The summed E-state index contributed by atoms with van der Waals surface area (Å²) < 4.78 is 27.8. The van der Waals surface area contributed by atoms with E-state index in [1.54, 1.807) is 24.4 Å². The Morgan fingerprint density at radius 1 is 1.22 bits per heavy atom. The standard InChI is InChI=1S/C19H17FN4O2S/c1-12(25)22-16-11-14(7-8-21-16)18-17(13-3-5-15(20)6-4-13)23-19-24(18)9-2-10-27(19)26/h3-8,11H,2,9-10H2,1H3,(H,21,22,25). The number of amides is 1. The van der Waals surface area contributed by atoms with Gasteiger partial charge in [0.05, 0.1) is 22.2 Å². The molecule has 27 heavy (non-hydrogen) atoms. The van der Waals surface area contributed by atoms with Crippen molar-refractivity contribution < 1.29 is 13.4 Å². The number of nitrogens with one attached hydrogen (secondary N) is 1. The average Bonchev–Trinajstić information content (AvgIpc) is 3.03. The summed E-state index contributed by atoms with van der Waals surface area (Å²) in [6, 6.07) is 9.65. The lowest BCUT2D eigenvalue weighted by Gasteiger charge is -2.16. The lowest BCUT2D eigenvalue weighted by Crippen LogP contribution is -2.17. The van der Waals surface area contributed by atoms with Crippen LogP contribution < -0.4 is 5.32 Å². The van der Waals surface area contributed by atoms with Gasteiger partial charge in [0.1, 0.15) is 11.6 Å². The smallest absolute Gasteiger partial charge is 0.222 e. The van der Waals surface area contributed by atoms with Crippen LogP contribution in [0.1, 0.15) is 13.3 Å². The number of imidazole rings is 1. The Labute approximate surface area is 157 Å². The SMILES string of the molecule is CC(=O)Nc1cc(-c2c(-c3ccc(F)cc3)nc3n2CCCS3=O)ccn1. The Kier molecular flexibility index (Phi) is 4.57. The molecule has 0 spiro atoms. The number of hydrogen-bond acceptors (Lipinski definition) is 4. The van der Waals surface area contributed by atoms with E-state index in [4.69, 9.17) is 0 Å². The number of carbonyl (C=O) groups is 1. The van der Waals surface area contributed by atoms with Crippen molar-refractivity contribution in [2.45, 2.75) is 25.0 Å². The minimum atomic E-state index is -1.18. The summed E-state index contributed by atoms with van der Waals surface area (Å²) in [5, 5.41) is 3.20. The van der Waals surface area contributed by atoms with Gasteiger partial charge in [-0.1, -0.05) is 0 Å². The maximum atomic E-state index is 13.4. The van der Waals surface area contributed by atoms with Crippen LogP contribution >= 0.6 is 0 Å². The molecule has 6 nitrogen and oxygen atoms in total. The zero-order valence-electron chi connectivity index (χ0n) is 14.6. The first-order chi connectivity index (χ1) is 13.0. The van der Waals surface area contributed by atoms with Crippen molar-refractivity contribution in [1.29, 1.82) is 0 Å². The second-order valence-corrected chi connectivity index (χ2v) is 7.73. The highest BCUT2D eigenvalue weighted by Crippen LogP contribution is 2.36. The molecule has 0 saturated heterocycles. The molecule has 0 aliphatic carbocycles. The number of anilines is 1. The van der Waals surface area contributed by atoms with Gasteiger partial charge in [-0.2, -0.15) is 0 Å². The number of fused-ring (bicyclic) bond motifs is 1. The lowest BCUT2D eigenvalue weighted by atomic mass is 10.1. The Balaban J connectivity index is 1.92. The fourth-order valence-corrected chi connectivity index (χ4v) is 4.38. The summed E-state index contributed by atoms with van der Waals surface area (Å²) >= 11 is 0. The van der Waals surface area contributed by atoms with E-state index in [9.17, 15) is 13.4 Å². The largest absolute Gasteiger partial charge is 0.316 e. The van der Waals surface area contributed by atoms with E-state index in [0.29, 0.717) is 29.0 Å².